The molecule has 0 aromatic carbocycles. The smallest absolute Gasteiger partial charge is 0.251 e. The maximum absolute atomic E-state index is 12.6. The molecule has 2 aliphatic rings. The summed E-state index contributed by atoms with van der Waals surface area (Å²) in [6, 6.07) is 4.08. The number of rotatable bonds is 8. The van der Waals surface area contributed by atoms with Crippen LogP contribution in [0.15, 0.2) is 27.8 Å². The molecule has 8 nitrogen and oxygen atoms in total. The van der Waals surface area contributed by atoms with Crippen molar-refractivity contribution in [3.63, 3.8) is 0 Å². The van der Waals surface area contributed by atoms with Crippen molar-refractivity contribution < 1.29 is 13.9 Å². The van der Waals surface area contributed by atoms with Gasteiger partial charge in [-0.1, -0.05) is 13.8 Å². The lowest BCUT2D eigenvalue weighted by Crippen LogP contribution is -2.55. The lowest BCUT2D eigenvalue weighted by Gasteiger charge is -2.37. The fourth-order valence-corrected chi connectivity index (χ4v) is 4.24. The number of hydrogen-bond donors (Lipinski definition) is 1. The first-order chi connectivity index (χ1) is 14.7. The number of guanidine groups is 1. The summed E-state index contributed by atoms with van der Waals surface area (Å²) in [7, 11) is 0. The summed E-state index contributed by atoms with van der Waals surface area (Å²) in [6.45, 7) is 13.4. The van der Waals surface area contributed by atoms with E-state index in [-0.39, 0.29) is 42.0 Å². The standard InChI is InChI=1S/C22H37N5O3.HI/c1-4-23-22(24-17-18(25(5-2)6-3)19-9-7-15-29-19)27-13-11-26(12-14-27)21(28)20-10-8-16-30-20;/h7,9,15,18,20H,4-6,8,10-14,16-17H2,1-3H3,(H,23,24);1H. The van der Waals surface area contributed by atoms with Crippen molar-refractivity contribution >= 4 is 35.8 Å². The zero-order chi connectivity index (χ0) is 21.3. The number of nitrogens with zero attached hydrogens (tertiary/aromatic N) is 4. The van der Waals surface area contributed by atoms with Crippen LogP contribution in [-0.2, 0) is 9.53 Å². The highest BCUT2D eigenvalue weighted by Crippen LogP contribution is 2.22. The molecule has 0 aliphatic carbocycles. The van der Waals surface area contributed by atoms with Gasteiger partial charge in [-0.3, -0.25) is 14.7 Å². The molecule has 1 N–H and O–H groups in total. The van der Waals surface area contributed by atoms with Crippen LogP contribution in [0.2, 0.25) is 0 Å². The van der Waals surface area contributed by atoms with Gasteiger partial charge in [0.2, 0.25) is 0 Å². The number of carbonyl (C=O) groups excluding carboxylic acids is 1. The van der Waals surface area contributed by atoms with Crippen LogP contribution < -0.4 is 5.32 Å². The van der Waals surface area contributed by atoms with E-state index in [4.69, 9.17) is 14.1 Å². The molecule has 2 atom stereocenters. The van der Waals surface area contributed by atoms with Crippen molar-refractivity contribution in [2.24, 2.45) is 4.99 Å². The number of carbonyl (C=O) groups is 1. The van der Waals surface area contributed by atoms with Crippen LogP contribution in [-0.4, -0.2) is 91.6 Å². The maximum atomic E-state index is 12.6. The number of aliphatic imine (C=N–C) groups is 1. The minimum absolute atomic E-state index is 0. The highest BCUT2D eigenvalue weighted by atomic mass is 127. The van der Waals surface area contributed by atoms with Gasteiger partial charge in [-0.2, -0.15) is 0 Å². The van der Waals surface area contributed by atoms with Crippen LogP contribution in [0, 0.1) is 0 Å². The molecule has 2 saturated heterocycles. The number of nitrogens with one attached hydrogen (secondary N) is 1. The molecule has 0 spiro atoms. The van der Waals surface area contributed by atoms with Gasteiger partial charge in [0, 0.05) is 39.3 Å². The van der Waals surface area contributed by atoms with E-state index in [0.29, 0.717) is 26.2 Å². The zero-order valence-electron chi connectivity index (χ0n) is 19.1. The van der Waals surface area contributed by atoms with Gasteiger partial charge in [-0.15, -0.1) is 24.0 Å². The largest absolute Gasteiger partial charge is 0.468 e. The molecule has 1 aromatic heterocycles. The first-order valence-corrected chi connectivity index (χ1v) is 11.4. The first-order valence-electron chi connectivity index (χ1n) is 11.4. The Hall–Kier alpha value is -1.33. The summed E-state index contributed by atoms with van der Waals surface area (Å²) in [5, 5.41) is 3.43. The second kappa shape index (κ2) is 13.3. The third-order valence-corrected chi connectivity index (χ3v) is 5.97. The number of piperazine rings is 1. The van der Waals surface area contributed by atoms with E-state index in [0.717, 1.165) is 57.3 Å². The third-order valence-electron chi connectivity index (χ3n) is 5.97. The molecule has 0 bridgehead atoms. The lowest BCUT2D eigenvalue weighted by molar-refractivity contribution is -0.142. The van der Waals surface area contributed by atoms with Crippen LogP contribution in [0.1, 0.15) is 45.4 Å². The summed E-state index contributed by atoms with van der Waals surface area (Å²) < 4.78 is 11.3. The van der Waals surface area contributed by atoms with E-state index in [2.05, 4.69) is 35.9 Å². The fraction of sp³-hybridized carbons (Fsp3) is 0.727. The van der Waals surface area contributed by atoms with Crippen LogP contribution in [0.4, 0.5) is 0 Å². The van der Waals surface area contributed by atoms with Crippen molar-refractivity contribution in [1.82, 2.24) is 20.0 Å². The molecular weight excluding hydrogens is 509 g/mol. The fourth-order valence-electron chi connectivity index (χ4n) is 4.24. The van der Waals surface area contributed by atoms with Crippen molar-refractivity contribution in [3.8, 4) is 0 Å². The molecule has 1 amide bonds. The van der Waals surface area contributed by atoms with Crippen LogP contribution in [0.25, 0.3) is 0 Å². The quantitative estimate of drug-likeness (QED) is 0.307. The number of furan rings is 1. The molecule has 2 aliphatic heterocycles. The number of likely N-dealkylation sites (N-methyl/N-ethyl adjacent to an activating group) is 1. The Morgan fingerprint density at radius 3 is 2.48 bits per heavy atom. The van der Waals surface area contributed by atoms with Gasteiger partial charge in [0.05, 0.1) is 18.8 Å². The van der Waals surface area contributed by atoms with Crippen LogP contribution in [0.3, 0.4) is 0 Å². The van der Waals surface area contributed by atoms with Crippen molar-refractivity contribution in [2.75, 3.05) is 59.0 Å². The van der Waals surface area contributed by atoms with E-state index < -0.39 is 0 Å². The minimum atomic E-state index is -0.235. The molecular formula is C22H38IN5O3. The summed E-state index contributed by atoms with van der Waals surface area (Å²) >= 11 is 0. The van der Waals surface area contributed by atoms with Gasteiger partial charge in [0.15, 0.2) is 5.96 Å². The van der Waals surface area contributed by atoms with Crippen molar-refractivity contribution in [3.05, 3.63) is 24.2 Å². The highest BCUT2D eigenvalue weighted by Gasteiger charge is 2.31. The minimum Gasteiger partial charge on any atom is -0.468 e. The van der Waals surface area contributed by atoms with E-state index in [1.54, 1.807) is 6.26 Å². The molecule has 1 aromatic rings. The number of amides is 1. The Morgan fingerprint density at radius 2 is 1.94 bits per heavy atom. The average Bonchev–Trinajstić information content (AvgIpc) is 3.50. The molecule has 2 unspecified atom stereocenters. The normalized spacial score (nSPS) is 20.6. The summed E-state index contributed by atoms with van der Waals surface area (Å²) in [6.07, 6.45) is 3.33. The second-order valence-electron chi connectivity index (χ2n) is 7.76. The van der Waals surface area contributed by atoms with E-state index in [9.17, 15) is 4.79 Å². The second-order valence-corrected chi connectivity index (χ2v) is 7.76. The van der Waals surface area contributed by atoms with Crippen molar-refractivity contribution in [1.29, 1.82) is 0 Å². The Kier molecular flexibility index (Phi) is 11.1. The predicted molar refractivity (Wildman–Crippen MR) is 133 cm³/mol. The summed E-state index contributed by atoms with van der Waals surface area (Å²) in [4.78, 5) is 24.1. The Bertz CT molecular complexity index is 667. The third kappa shape index (κ3) is 6.82. The summed E-state index contributed by atoms with van der Waals surface area (Å²) in [5.74, 6) is 2.00. The predicted octanol–water partition coefficient (Wildman–Crippen LogP) is 2.57. The first kappa shape index (κ1) is 25.9. The Balaban J connectivity index is 0.00000341. The van der Waals surface area contributed by atoms with Gasteiger partial charge >= 0.3 is 0 Å². The van der Waals surface area contributed by atoms with Gasteiger partial charge in [-0.05, 0) is 45.0 Å². The summed E-state index contributed by atoms with van der Waals surface area (Å²) in [5.41, 5.74) is 0. The maximum Gasteiger partial charge on any atom is 0.251 e. The average molecular weight is 547 g/mol. The molecule has 3 heterocycles. The van der Waals surface area contributed by atoms with Crippen LogP contribution in [0.5, 0.6) is 0 Å². The van der Waals surface area contributed by atoms with Gasteiger partial charge in [-0.25, -0.2) is 0 Å². The molecule has 0 saturated carbocycles. The van der Waals surface area contributed by atoms with E-state index >= 15 is 0 Å². The molecule has 3 rings (SSSR count). The Labute approximate surface area is 203 Å². The topological polar surface area (TPSA) is 73.6 Å². The number of hydrogen-bond acceptors (Lipinski definition) is 5. The number of ether oxygens (including phenoxy) is 1. The van der Waals surface area contributed by atoms with E-state index in [1.165, 1.54) is 0 Å². The monoisotopic (exact) mass is 547 g/mol. The molecule has 0 radical (unpaired) electrons. The molecule has 2 fully saturated rings. The molecule has 9 heteroatoms. The van der Waals surface area contributed by atoms with Crippen molar-refractivity contribution in [2.45, 2.75) is 45.8 Å². The van der Waals surface area contributed by atoms with Gasteiger partial charge < -0.3 is 24.3 Å². The van der Waals surface area contributed by atoms with E-state index in [1.807, 2.05) is 17.0 Å². The zero-order valence-corrected chi connectivity index (χ0v) is 21.4. The number of halogens is 1. The highest BCUT2D eigenvalue weighted by molar-refractivity contribution is 14.0. The van der Waals surface area contributed by atoms with Crippen LogP contribution >= 0.6 is 24.0 Å². The SMILES string of the molecule is CCNC(=NCC(c1ccco1)N(CC)CC)N1CCN(C(=O)C2CCCO2)CC1.I. The van der Waals surface area contributed by atoms with Gasteiger partial charge in [0.1, 0.15) is 11.9 Å². The van der Waals surface area contributed by atoms with Gasteiger partial charge in [0.25, 0.3) is 5.91 Å². The lowest BCUT2D eigenvalue weighted by atomic mass is 10.2. The Morgan fingerprint density at radius 1 is 1.23 bits per heavy atom. The molecule has 176 valence electrons. The molecule has 31 heavy (non-hydrogen) atoms.